The highest BCUT2D eigenvalue weighted by atomic mass is 16.5. The highest BCUT2D eigenvalue weighted by Crippen LogP contribution is 2.18. The Morgan fingerprint density at radius 1 is 1.43 bits per heavy atom. The second-order valence-electron chi connectivity index (χ2n) is 5.43. The number of carboxylic acid groups (broad SMARTS) is 1. The SMILES string of the molecule is Cc1cccc(OCCC(=O)N2CCCC(C(=O)O)C2)c1. The van der Waals surface area contributed by atoms with Crippen LogP contribution >= 0.6 is 0 Å². The highest BCUT2D eigenvalue weighted by molar-refractivity contribution is 5.78. The van der Waals surface area contributed by atoms with Gasteiger partial charge in [0.1, 0.15) is 5.75 Å². The molecule has 1 N–H and O–H groups in total. The summed E-state index contributed by atoms with van der Waals surface area (Å²) in [4.78, 5) is 24.7. The van der Waals surface area contributed by atoms with E-state index in [4.69, 9.17) is 9.84 Å². The van der Waals surface area contributed by atoms with Crippen molar-refractivity contribution in [3.63, 3.8) is 0 Å². The Morgan fingerprint density at radius 3 is 2.95 bits per heavy atom. The second kappa shape index (κ2) is 7.11. The van der Waals surface area contributed by atoms with Crippen molar-refractivity contribution in [1.29, 1.82) is 0 Å². The van der Waals surface area contributed by atoms with Crippen molar-refractivity contribution in [2.45, 2.75) is 26.2 Å². The van der Waals surface area contributed by atoms with Gasteiger partial charge < -0.3 is 14.7 Å². The summed E-state index contributed by atoms with van der Waals surface area (Å²) in [5.74, 6) is -0.526. The molecule has 21 heavy (non-hydrogen) atoms. The van der Waals surface area contributed by atoms with E-state index in [1.165, 1.54) is 0 Å². The van der Waals surface area contributed by atoms with Gasteiger partial charge in [0.05, 0.1) is 18.9 Å². The maximum Gasteiger partial charge on any atom is 0.308 e. The summed E-state index contributed by atoms with van der Waals surface area (Å²) in [7, 11) is 0. The predicted octanol–water partition coefficient (Wildman–Crippen LogP) is 2.09. The minimum absolute atomic E-state index is 0.0337. The molecule has 1 aliphatic rings. The molecule has 1 aromatic rings. The zero-order chi connectivity index (χ0) is 15.2. The third-order valence-corrected chi connectivity index (χ3v) is 3.70. The average Bonchev–Trinajstić information content (AvgIpc) is 2.47. The van der Waals surface area contributed by atoms with Gasteiger partial charge in [0.2, 0.25) is 5.91 Å². The molecule has 0 saturated carbocycles. The number of amides is 1. The van der Waals surface area contributed by atoms with E-state index in [0.717, 1.165) is 17.7 Å². The standard InChI is InChI=1S/C16H21NO4/c1-12-4-2-6-14(10-12)21-9-7-15(18)17-8-3-5-13(11-17)16(19)20/h2,4,6,10,13H,3,5,7-9,11H2,1H3,(H,19,20). The molecule has 1 saturated heterocycles. The maximum absolute atomic E-state index is 12.1. The molecule has 0 aliphatic carbocycles. The van der Waals surface area contributed by atoms with E-state index in [2.05, 4.69) is 0 Å². The Kier molecular flexibility index (Phi) is 5.20. The molecule has 0 aromatic heterocycles. The van der Waals surface area contributed by atoms with E-state index < -0.39 is 11.9 Å². The van der Waals surface area contributed by atoms with E-state index >= 15 is 0 Å². The van der Waals surface area contributed by atoms with Crippen molar-refractivity contribution >= 4 is 11.9 Å². The van der Waals surface area contributed by atoms with Gasteiger partial charge in [0.15, 0.2) is 0 Å². The van der Waals surface area contributed by atoms with Crippen LogP contribution in [0.2, 0.25) is 0 Å². The zero-order valence-corrected chi connectivity index (χ0v) is 12.2. The molecule has 0 spiro atoms. The van der Waals surface area contributed by atoms with Crippen LogP contribution in [0, 0.1) is 12.8 Å². The second-order valence-corrected chi connectivity index (χ2v) is 5.43. The molecule has 1 amide bonds. The fourth-order valence-electron chi connectivity index (χ4n) is 2.52. The Bertz CT molecular complexity index is 515. The molecule has 5 nitrogen and oxygen atoms in total. The van der Waals surface area contributed by atoms with Crippen LogP contribution in [0.4, 0.5) is 0 Å². The van der Waals surface area contributed by atoms with Gasteiger partial charge in [-0.3, -0.25) is 9.59 Å². The highest BCUT2D eigenvalue weighted by Gasteiger charge is 2.27. The Hall–Kier alpha value is -2.04. The van der Waals surface area contributed by atoms with Crippen molar-refractivity contribution in [2.75, 3.05) is 19.7 Å². The molecule has 5 heteroatoms. The quantitative estimate of drug-likeness (QED) is 0.902. The third-order valence-electron chi connectivity index (χ3n) is 3.70. The van der Waals surface area contributed by atoms with E-state index in [9.17, 15) is 9.59 Å². The van der Waals surface area contributed by atoms with Crippen molar-refractivity contribution in [3.05, 3.63) is 29.8 Å². The van der Waals surface area contributed by atoms with Gasteiger partial charge in [-0.05, 0) is 37.5 Å². The number of carbonyl (C=O) groups is 2. The molecule has 114 valence electrons. The summed E-state index contributed by atoms with van der Waals surface area (Å²) < 4.78 is 5.56. The number of likely N-dealkylation sites (tertiary alicyclic amines) is 1. The minimum Gasteiger partial charge on any atom is -0.493 e. The third kappa shape index (κ3) is 4.48. The first-order chi connectivity index (χ1) is 10.1. The van der Waals surface area contributed by atoms with Crippen molar-refractivity contribution in [1.82, 2.24) is 4.90 Å². The van der Waals surface area contributed by atoms with Crippen LogP contribution in [0.1, 0.15) is 24.8 Å². The number of hydrogen-bond donors (Lipinski definition) is 1. The summed E-state index contributed by atoms with van der Waals surface area (Å²) >= 11 is 0. The van der Waals surface area contributed by atoms with Gasteiger partial charge in [-0.25, -0.2) is 0 Å². The van der Waals surface area contributed by atoms with Crippen LogP contribution in [-0.4, -0.2) is 41.6 Å². The summed E-state index contributed by atoms with van der Waals surface area (Å²) in [5.41, 5.74) is 1.11. The summed E-state index contributed by atoms with van der Waals surface area (Å²) in [6, 6.07) is 7.68. The molecule has 1 heterocycles. The van der Waals surface area contributed by atoms with Crippen LogP contribution < -0.4 is 4.74 Å². The number of carboxylic acids is 1. The Balaban J connectivity index is 1.78. The van der Waals surface area contributed by atoms with Gasteiger partial charge in [0.25, 0.3) is 0 Å². The van der Waals surface area contributed by atoms with Crippen molar-refractivity contribution in [2.24, 2.45) is 5.92 Å². The topological polar surface area (TPSA) is 66.8 Å². The van der Waals surface area contributed by atoms with E-state index in [-0.39, 0.29) is 12.3 Å². The Labute approximate surface area is 124 Å². The number of piperidine rings is 1. The lowest BCUT2D eigenvalue weighted by Gasteiger charge is -2.30. The van der Waals surface area contributed by atoms with Crippen LogP contribution in [0.25, 0.3) is 0 Å². The Morgan fingerprint density at radius 2 is 2.24 bits per heavy atom. The molecule has 1 atom stereocenters. The van der Waals surface area contributed by atoms with Gasteiger partial charge in [-0.2, -0.15) is 0 Å². The lowest BCUT2D eigenvalue weighted by molar-refractivity contribution is -0.145. The summed E-state index contributed by atoms with van der Waals surface area (Å²) in [6.45, 7) is 3.26. The predicted molar refractivity (Wildman–Crippen MR) is 78.2 cm³/mol. The number of ether oxygens (including phenoxy) is 1. The van der Waals surface area contributed by atoms with Gasteiger partial charge >= 0.3 is 5.97 Å². The molecule has 1 aliphatic heterocycles. The first-order valence-electron chi connectivity index (χ1n) is 7.26. The number of aryl methyl sites for hydroxylation is 1. The van der Waals surface area contributed by atoms with Gasteiger partial charge in [-0.1, -0.05) is 12.1 Å². The molecule has 2 rings (SSSR count). The summed E-state index contributed by atoms with van der Waals surface area (Å²) in [5, 5.41) is 9.03. The van der Waals surface area contributed by atoms with Crippen LogP contribution in [0.5, 0.6) is 5.75 Å². The molecule has 1 fully saturated rings. The normalized spacial score (nSPS) is 18.3. The van der Waals surface area contributed by atoms with Crippen molar-refractivity contribution in [3.8, 4) is 5.75 Å². The molecular weight excluding hydrogens is 270 g/mol. The fraction of sp³-hybridized carbons (Fsp3) is 0.500. The fourth-order valence-corrected chi connectivity index (χ4v) is 2.52. The van der Waals surface area contributed by atoms with Gasteiger partial charge in [0, 0.05) is 13.1 Å². The minimum atomic E-state index is -0.816. The lowest BCUT2D eigenvalue weighted by atomic mass is 9.98. The number of aliphatic carboxylic acids is 1. The zero-order valence-electron chi connectivity index (χ0n) is 12.2. The first-order valence-corrected chi connectivity index (χ1v) is 7.26. The molecular formula is C16H21NO4. The smallest absolute Gasteiger partial charge is 0.308 e. The molecule has 0 radical (unpaired) electrons. The number of rotatable bonds is 5. The largest absolute Gasteiger partial charge is 0.493 e. The number of carbonyl (C=O) groups excluding carboxylic acids is 1. The van der Waals surface area contributed by atoms with Crippen LogP contribution in [0.15, 0.2) is 24.3 Å². The number of hydrogen-bond acceptors (Lipinski definition) is 3. The lowest BCUT2D eigenvalue weighted by Crippen LogP contribution is -2.42. The van der Waals surface area contributed by atoms with E-state index in [1.807, 2.05) is 31.2 Å². The molecule has 1 unspecified atom stereocenters. The molecule has 0 bridgehead atoms. The monoisotopic (exact) mass is 291 g/mol. The molecule has 1 aromatic carbocycles. The number of benzene rings is 1. The van der Waals surface area contributed by atoms with E-state index in [1.54, 1.807) is 4.90 Å². The van der Waals surface area contributed by atoms with Crippen molar-refractivity contribution < 1.29 is 19.4 Å². The maximum atomic E-state index is 12.1. The average molecular weight is 291 g/mol. The number of nitrogens with zero attached hydrogens (tertiary/aromatic N) is 1. The van der Waals surface area contributed by atoms with Crippen LogP contribution in [0.3, 0.4) is 0 Å². The first kappa shape index (κ1) is 15.4. The van der Waals surface area contributed by atoms with Crippen LogP contribution in [-0.2, 0) is 9.59 Å². The van der Waals surface area contributed by atoms with Gasteiger partial charge in [-0.15, -0.1) is 0 Å². The summed E-state index contributed by atoms with van der Waals surface area (Å²) in [6.07, 6.45) is 1.68. The van der Waals surface area contributed by atoms with E-state index in [0.29, 0.717) is 26.1 Å².